The minimum Gasteiger partial charge on any atom is -0.462 e. The minimum absolute atomic E-state index is 0.173. The largest absolute Gasteiger partial charge is 0.462 e. The zero-order chi connectivity index (χ0) is 45.5. The second-order valence-corrected chi connectivity index (χ2v) is 19.7. The lowest BCUT2D eigenvalue weighted by Crippen LogP contribution is -2.60. The molecule has 6 atom stereocenters. The van der Waals surface area contributed by atoms with Gasteiger partial charge >= 0.3 is 11.9 Å². The van der Waals surface area contributed by atoms with Crippen LogP contribution in [0.15, 0.2) is 0 Å². The summed E-state index contributed by atoms with van der Waals surface area (Å²) >= 11 is 0. The van der Waals surface area contributed by atoms with E-state index in [4.69, 9.17) is 18.9 Å². The van der Waals surface area contributed by atoms with E-state index in [9.17, 15) is 37.9 Å². The maximum Gasteiger partial charge on any atom is 0.306 e. The highest BCUT2D eigenvalue weighted by Gasteiger charge is 2.46. The normalized spacial score (nSPS) is 19.7. The van der Waals surface area contributed by atoms with Crippen molar-refractivity contribution in [2.45, 2.75) is 282 Å². The van der Waals surface area contributed by atoms with Crippen LogP contribution in [0.1, 0.15) is 245 Å². The Hall–Kier alpha value is -1.35. The molecule has 0 aromatic carbocycles. The molecule has 1 saturated heterocycles. The highest BCUT2D eigenvalue weighted by Crippen LogP contribution is 2.24. The number of carbonyl (C=O) groups excluding carboxylic acids is 2. The monoisotopic (exact) mass is 907 g/mol. The molecule has 1 aliphatic heterocycles. The van der Waals surface area contributed by atoms with Crippen molar-refractivity contribution in [3.8, 4) is 0 Å². The topological polar surface area (TPSA) is 186 Å². The van der Waals surface area contributed by atoms with Crippen molar-refractivity contribution in [3.05, 3.63) is 0 Å². The van der Waals surface area contributed by atoms with Crippen molar-refractivity contribution in [2.24, 2.45) is 0 Å². The molecule has 1 aliphatic rings. The van der Waals surface area contributed by atoms with Gasteiger partial charge in [0.15, 0.2) is 12.4 Å². The number of aliphatic hydroxyl groups excluding tert-OH is 3. The molecule has 6 unspecified atom stereocenters. The van der Waals surface area contributed by atoms with Gasteiger partial charge in [0.05, 0.1) is 6.61 Å². The smallest absolute Gasteiger partial charge is 0.306 e. The minimum atomic E-state index is -4.60. The molecule has 1 rings (SSSR count). The second-order valence-electron chi connectivity index (χ2n) is 18.2. The van der Waals surface area contributed by atoms with E-state index in [1.54, 1.807) is 0 Å². The lowest BCUT2D eigenvalue weighted by molar-refractivity contribution is -0.297. The van der Waals surface area contributed by atoms with E-state index in [-0.39, 0.29) is 19.4 Å². The van der Waals surface area contributed by atoms with Crippen LogP contribution in [0.5, 0.6) is 0 Å². The standard InChI is InChI=1S/C49H94O12S/c1-3-5-7-9-11-13-15-17-18-19-20-21-22-23-24-26-28-30-32-34-36-38-45(51)60-42(40-59-49-48(54)47(53)46(52)43(61-49)41-62(55,56)57)39-58-44(50)37-35-33-31-29-27-25-16-14-12-10-8-6-4-2/h42-43,46-49,52-54H,3-41H2,1-2H3,(H,55,56,57). The SMILES string of the molecule is CCCCCCCCCCCCCCCCCCCCCCCC(=O)OC(COC(=O)CCCCCCCCCCCCCCC)COC1OC(CS(=O)(=O)O)C(O)C(O)C1O. The number of hydrogen-bond acceptors (Lipinski definition) is 11. The van der Waals surface area contributed by atoms with Crippen molar-refractivity contribution in [2.75, 3.05) is 19.0 Å². The molecule has 0 amide bonds. The van der Waals surface area contributed by atoms with E-state index in [2.05, 4.69) is 13.8 Å². The van der Waals surface area contributed by atoms with Gasteiger partial charge in [-0.1, -0.05) is 219 Å². The van der Waals surface area contributed by atoms with Gasteiger partial charge in [0.2, 0.25) is 0 Å². The van der Waals surface area contributed by atoms with Crippen LogP contribution in [0.4, 0.5) is 0 Å². The fraction of sp³-hybridized carbons (Fsp3) is 0.959. The third-order valence-corrected chi connectivity index (χ3v) is 12.9. The van der Waals surface area contributed by atoms with Gasteiger partial charge in [-0.15, -0.1) is 0 Å². The Morgan fingerprint density at radius 3 is 1.18 bits per heavy atom. The van der Waals surface area contributed by atoms with E-state index in [1.807, 2.05) is 0 Å². The quantitative estimate of drug-likeness (QED) is 0.0258. The van der Waals surface area contributed by atoms with Gasteiger partial charge in [0.25, 0.3) is 10.1 Å². The molecule has 0 saturated carbocycles. The summed E-state index contributed by atoms with van der Waals surface area (Å²) in [5.74, 6) is -1.96. The van der Waals surface area contributed by atoms with Gasteiger partial charge in [-0.2, -0.15) is 8.42 Å². The number of carbonyl (C=O) groups is 2. The van der Waals surface area contributed by atoms with Gasteiger partial charge in [-0.3, -0.25) is 14.1 Å². The van der Waals surface area contributed by atoms with Crippen LogP contribution in [0, 0.1) is 0 Å². The summed E-state index contributed by atoms with van der Waals surface area (Å²) < 4.78 is 54.2. The average molecular weight is 907 g/mol. The molecule has 12 nitrogen and oxygen atoms in total. The predicted octanol–water partition coefficient (Wildman–Crippen LogP) is 11.2. The van der Waals surface area contributed by atoms with Crippen molar-refractivity contribution < 1.29 is 56.8 Å². The third kappa shape index (κ3) is 34.1. The van der Waals surface area contributed by atoms with Crippen LogP contribution in [-0.4, -0.2) is 96.0 Å². The summed E-state index contributed by atoms with van der Waals surface area (Å²) in [5.41, 5.74) is 0. The average Bonchev–Trinajstić information content (AvgIpc) is 3.24. The molecular weight excluding hydrogens is 813 g/mol. The summed E-state index contributed by atoms with van der Waals surface area (Å²) in [6.45, 7) is 3.80. The summed E-state index contributed by atoms with van der Waals surface area (Å²) in [6.07, 6.45) is 32.9. The molecule has 13 heteroatoms. The molecule has 0 aliphatic carbocycles. The van der Waals surface area contributed by atoms with Gasteiger partial charge < -0.3 is 34.3 Å². The molecule has 4 N–H and O–H groups in total. The zero-order valence-electron chi connectivity index (χ0n) is 39.5. The van der Waals surface area contributed by atoms with Crippen LogP contribution in [0.25, 0.3) is 0 Å². The summed E-state index contributed by atoms with van der Waals surface area (Å²) in [4.78, 5) is 25.5. The number of esters is 2. The first-order valence-electron chi connectivity index (χ1n) is 25.6. The molecule has 1 fully saturated rings. The van der Waals surface area contributed by atoms with E-state index < -0.39 is 71.2 Å². The van der Waals surface area contributed by atoms with Crippen molar-refractivity contribution in [3.63, 3.8) is 0 Å². The van der Waals surface area contributed by atoms with E-state index in [1.165, 1.54) is 167 Å². The number of rotatable bonds is 44. The van der Waals surface area contributed by atoms with Gasteiger partial charge in [-0.05, 0) is 12.8 Å². The van der Waals surface area contributed by atoms with Crippen LogP contribution in [-0.2, 0) is 38.7 Å². The molecule has 0 spiro atoms. The summed E-state index contributed by atoms with van der Waals surface area (Å²) in [7, 11) is -4.60. The molecule has 0 aromatic heterocycles. The Kier molecular flexibility index (Phi) is 37.8. The first-order chi connectivity index (χ1) is 30.0. The fourth-order valence-electron chi connectivity index (χ4n) is 8.21. The Bertz CT molecular complexity index is 1150. The van der Waals surface area contributed by atoms with E-state index >= 15 is 0 Å². The van der Waals surface area contributed by atoms with Crippen molar-refractivity contribution >= 4 is 22.1 Å². The van der Waals surface area contributed by atoms with Crippen molar-refractivity contribution in [1.29, 1.82) is 0 Å². The summed E-state index contributed by atoms with van der Waals surface area (Å²) in [5, 5.41) is 30.9. The number of ether oxygens (including phenoxy) is 4. The molecule has 0 aromatic rings. The first-order valence-corrected chi connectivity index (χ1v) is 27.2. The van der Waals surface area contributed by atoms with Gasteiger partial charge in [0.1, 0.15) is 36.8 Å². The Balaban J connectivity index is 2.34. The molecule has 62 heavy (non-hydrogen) atoms. The molecule has 368 valence electrons. The van der Waals surface area contributed by atoms with Crippen molar-refractivity contribution in [1.82, 2.24) is 0 Å². The van der Waals surface area contributed by atoms with Crippen LogP contribution in [0.2, 0.25) is 0 Å². The Morgan fingerprint density at radius 2 is 0.823 bits per heavy atom. The lowest BCUT2D eigenvalue weighted by Gasteiger charge is -2.40. The van der Waals surface area contributed by atoms with Gasteiger partial charge in [-0.25, -0.2) is 0 Å². The van der Waals surface area contributed by atoms with E-state index in [0.29, 0.717) is 12.8 Å². The second kappa shape index (κ2) is 40.0. The first kappa shape index (κ1) is 58.7. The van der Waals surface area contributed by atoms with E-state index in [0.717, 1.165) is 38.5 Å². The summed E-state index contributed by atoms with van der Waals surface area (Å²) in [6, 6.07) is 0. The van der Waals surface area contributed by atoms with Crippen LogP contribution in [0.3, 0.4) is 0 Å². The van der Waals surface area contributed by atoms with Crippen LogP contribution < -0.4 is 0 Å². The highest BCUT2D eigenvalue weighted by atomic mass is 32.2. The predicted molar refractivity (Wildman–Crippen MR) is 247 cm³/mol. The third-order valence-electron chi connectivity index (χ3n) is 12.2. The zero-order valence-corrected chi connectivity index (χ0v) is 40.3. The Labute approximate surface area is 378 Å². The molecule has 0 bridgehead atoms. The maximum atomic E-state index is 12.9. The lowest BCUT2D eigenvalue weighted by atomic mass is 10.00. The number of hydrogen-bond donors (Lipinski definition) is 4. The number of unbranched alkanes of at least 4 members (excludes halogenated alkanes) is 32. The molecular formula is C49H94O12S. The van der Waals surface area contributed by atoms with Gasteiger partial charge in [0, 0.05) is 12.8 Å². The highest BCUT2D eigenvalue weighted by molar-refractivity contribution is 7.85. The maximum absolute atomic E-state index is 12.9. The number of aliphatic hydroxyl groups is 3. The Morgan fingerprint density at radius 1 is 0.484 bits per heavy atom. The molecule has 1 heterocycles. The van der Waals surface area contributed by atoms with Crippen LogP contribution >= 0.6 is 0 Å². The molecule has 0 radical (unpaired) electrons. The fourth-order valence-corrected chi connectivity index (χ4v) is 8.90.